The zero-order valence-corrected chi connectivity index (χ0v) is 17.7. The minimum Gasteiger partial charge on any atom is -0.490 e. The number of ether oxygens (including phenoxy) is 1. The van der Waals surface area contributed by atoms with Crippen molar-refractivity contribution in [2.24, 2.45) is 4.99 Å². The Morgan fingerprint density at radius 3 is 2.21 bits per heavy atom. The van der Waals surface area contributed by atoms with Gasteiger partial charge in [0.2, 0.25) is 5.82 Å². The molecule has 0 fully saturated rings. The fourth-order valence-electron chi connectivity index (χ4n) is 3.11. The van der Waals surface area contributed by atoms with Crippen molar-refractivity contribution in [1.82, 2.24) is 0 Å². The predicted octanol–water partition coefficient (Wildman–Crippen LogP) is 7.80. The molecule has 0 spiro atoms. The van der Waals surface area contributed by atoms with E-state index in [4.69, 9.17) is 4.74 Å². The Labute approximate surface area is 174 Å². The highest BCUT2D eigenvalue weighted by molar-refractivity contribution is 5.82. The number of unbranched alkanes of at least 4 members (excludes halogenated alkanes) is 6. The minimum atomic E-state index is -0.977. The first-order chi connectivity index (χ1) is 14.2. The molecule has 0 unspecified atom stereocenters. The molecule has 2 aromatic rings. The van der Waals surface area contributed by atoms with E-state index in [1.807, 2.05) is 12.1 Å². The van der Waals surface area contributed by atoms with Crippen molar-refractivity contribution in [2.75, 3.05) is 6.61 Å². The van der Waals surface area contributed by atoms with E-state index in [1.165, 1.54) is 49.8 Å². The van der Waals surface area contributed by atoms with Gasteiger partial charge >= 0.3 is 0 Å². The van der Waals surface area contributed by atoms with Crippen molar-refractivity contribution >= 4 is 11.9 Å². The number of aliphatic imine (C=N–C) groups is 1. The quantitative estimate of drug-likeness (QED) is 0.248. The SMILES string of the molecule is CCCCCCCc1ccc(C=Nc2ccc(OCCCCC)c(F)c2F)cc1. The summed E-state index contributed by atoms with van der Waals surface area (Å²) in [6.45, 7) is 4.68. The minimum absolute atomic E-state index is 0.0246. The Bertz CT molecular complexity index is 756. The average Bonchev–Trinajstić information content (AvgIpc) is 2.74. The molecule has 0 aliphatic rings. The Morgan fingerprint density at radius 2 is 1.48 bits per heavy atom. The Balaban J connectivity index is 1.91. The summed E-state index contributed by atoms with van der Waals surface area (Å²) >= 11 is 0. The molecule has 0 heterocycles. The van der Waals surface area contributed by atoms with E-state index in [1.54, 1.807) is 6.21 Å². The molecule has 0 saturated carbocycles. The molecule has 29 heavy (non-hydrogen) atoms. The third kappa shape index (κ3) is 7.96. The van der Waals surface area contributed by atoms with Crippen LogP contribution in [0.3, 0.4) is 0 Å². The third-order valence-electron chi connectivity index (χ3n) is 4.93. The zero-order valence-electron chi connectivity index (χ0n) is 17.7. The first kappa shape index (κ1) is 23.1. The third-order valence-corrected chi connectivity index (χ3v) is 4.93. The van der Waals surface area contributed by atoms with Crippen LogP contribution in [0.5, 0.6) is 5.75 Å². The van der Waals surface area contributed by atoms with Crippen LogP contribution in [0, 0.1) is 11.6 Å². The van der Waals surface area contributed by atoms with Crippen LogP contribution >= 0.6 is 0 Å². The van der Waals surface area contributed by atoms with Crippen LogP contribution < -0.4 is 4.74 Å². The molecular weight excluding hydrogens is 368 g/mol. The van der Waals surface area contributed by atoms with E-state index in [2.05, 4.69) is 31.0 Å². The summed E-state index contributed by atoms with van der Waals surface area (Å²) in [4.78, 5) is 4.12. The van der Waals surface area contributed by atoms with Crippen LogP contribution in [0.15, 0.2) is 41.4 Å². The molecule has 0 aliphatic carbocycles. The topological polar surface area (TPSA) is 21.6 Å². The number of nitrogens with zero attached hydrogens (tertiary/aromatic N) is 1. The molecule has 4 heteroatoms. The van der Waals surface area contributed by atoms with Gasteiger partial charge in [-0.1, -0.05) is 76.6 Å². The van der Waals surface area contributed by atoms with Crippen molar-refractivity contribution in [2.45, 2.75) is 71.6 Å². The van der Waals surface area contributed by atoms with Crippen molar-refractivity contribution in [3.8, 4) is 5.75 Å². The first-order valence-corrected chi connectivity index (χ1v) is 10.9. The van der Waals surface area contributed by atoms with Crippen molar-refractivity contribution < 1.29 is 13.5 Å². The Morgan fingerprint density at radius 1 is 0.793 bits per heavy atom. The highest BCUT2D eigenvalue weighted by Gasteiger charge is 2.13. The smallest absolute Gasteiger partial charge is 0.202 e. The van der Waals surface area contributed by atoms with Gasteiger partial charge in [0.1, 0.15) is 5.69 Å². The van der Waals surface area contributed by atoms with E-state index < -0.39 is 11.6 Å². The van der Waals surface area contributed by atoms with Gasteiger partial charge in [-0.3, -0.25) is 4.99 Å². The van der Waals surface area contributed by atoms with Crippen molar-refractivity contribution in [3.63, 3.8) is 0 Å². The largest absolute Gasteiger partial charge is 0.490 e. The lowest BCUT2D eigenvalue weighted by Crippen LogP contribution is -2.00. The molecule has 0 N–H and O–H groups in total. The monoisotopic (exact) mass is 401 g/mol. The molecule has 0 radical (unpaired) electrons. The zero-order chi connectivity index (χ0) is 20.9. The van der Waals surface area contributed by atoms with E-state index in [9.17, 15) is 8.78 Å². The van der Waals surface area contributed by atoms with Crippen LogP contribution in [0.2, 0.25) is 0 Å². The summed E-state index contributed by atoms with van der Waals surface area (Å²) in [5.74, 6) is -2.01. The lowest BCUT2D eigenvalue weighted by molar-refractivity contribution is 0.286. The highest BCUT2D eigenvalue weighted by Crippen LogP contribution is 2.28. The maximum atomic E-state index is 14.3. The second-order valence-corrected chi connectivity index (χ2v) is 7.43. The van der Waals surface area contributed by atoms with Crippen LogP contribution in [0.1, 0.15) is 76.3 Å². The summed E-state index contributed by atoms with van der Waals surface area (Å²) in [6.07, 6.45) is 11.8. The lowest BCUT2D eigenvalue weighted by atomic mass is 10.0. The van der Waals surface area contributed by atoms with Crippen LogP contribution in [0.25, 0.3) is 0 Å². The summed E-state index contributed by atoms with van der Waals surface area (Å²) in [7, 11) is 0. The van der Waals surface area contributed by atoms with Crippen LogP contribution in [0.4, 0.5) is 14.5 Å². The summed E-state index contributed by atoms with van der Waals surface area (Å²) in [6, 6.07) is 11.0. The van der Waals surface area contributed by atoms with Gasteiger partial charge < -0.3 is 4.74 Å². The molecular formula is C25H33F2NO. The van der Waals surface area contributed by atoms with E-state index in [-0.39, 0.29) is 11.4 Å². The Kier molecular flexibility index (Phi) is 10.4. The van der Waals surface area contributed by atoms with Gasteiger partial charge in [-0.05, 0) is 42.5 Å². The number of benzene rings is 2. The average molecular weight is 402 g/mol. The maximum absolute atomic E-state index is 14.3. The molecule has 2 aromatic carbocycles. The summed E-state index contributed by atoms with van der Waals surface area (Å²) in [5.41, 5.74) is 2.13. The number of aryl methyl sites for hydroxylation is 1. The normalized spacial score (nSPS) is 11.3. The van der Waals surface area contributed by atoms with Crippen LogP contribution in [-0.4, -0.2) is 12.8 Å². The number of rotatable bonds is 13. The summed E-state index contributed by atoms with van der Waals surface area (Å²) in [5, 5.41) is 0. The van der Waals surface area contributed by atoms with Gasteiger partial charge in [-0.2, -0.15) is 4.39 Å². The standard InChI is InChI=1S/C25H33F2NO/c1-3-5-7-8-9-11-20-12-14-21(15-13-20)19-28-22-16-17-23(25(27)24(22)26)29-18-10-6-4-2/h12-17,19H,3-11,18H2,1-2H3. The van der Waals surface area contributed by atoms with Crippen molar-refractivity contribution in [3.05, 3.63) is 59.2 Å². The van der Waals surface area contributed by atoms with E-state index in [0.29, 0.717) is 6.61 Å². The fourth-order valence-corrected chi connectivity index (χ4v) is 3.11. The highest BCUT2D eigenvalue weighted by atomic mass is 19.2. The van der Waals surface area contributed by atoms with Gasteiger partial charge in [0.15, 0.2) is 11.6 Å². The van der Waals surface area contributed by atoms with Gasteiger partial charge in [0.25, 0.3) is 0 Å². The second kappa shape index (κ2) is 13.1. The van der Waals surface area contributed by atoms with Gasteiger partial charge in [-0.25, -0.2) is 4.39 Å². The predicted molar refractivity (Wildman–Crippen MR) is 118 cm³/mol. The van der Waals surface area contributed by atoms with E-state index >= 15 is 0 Å². The molecule has 0 amide bonds. The molecule has 0 aliphatic heterocycles. The summed E-state index contributed by atoms with van der Waals surface area (Å²) < 4.78 is 33.8. The van der Waals surface area contributed by atoms with Crippen LogP contribution in [-0.2, 0) is 6.42 Å². The first-order valence-electron chi connectivity index (χ1n) is 10.9. The lowest BCUT2D eigenvalue weighted by Gasteiger charge is -2.08. The molecule has 2 rings (SSSR count). The van der Waals surface area contributed by atoms with E-state index in [0.717, 1.165) is 31.2 Å². The maximum Gasteiger partial charge on any atom is 0.202 e. The molecule has 0 bridgehead atoms. The van der Waals surface area contributed by atoms with Gasteiger partial charge in [0, 0.05) is 6.21 Å². The Hall–Kier alpha value is -2.23. The van der Waals surface area contributed by atoms with Crippen molar-refractivity contribution in [1.29, 1.82) is 0 Å². The number of hydrogen-bond donors (Lipinski definition) is 0. The number of hydrogen-bond acceptors (Lipinski definition) is 2. The molecule has 0 aromatic heterocycles. The molecule has 0 atom stereocenters. The number of halogens is 2. The second-order valence-electron chi connectivity index (χ2n) is 7.43. The van der Waals surface area contributed by atoms with Gasteiger partial charge in [-0.15, -0.1) is 0 Å². The fraction of sp³-hybridized carbons (Fsp3) is 0.480. The molecule has 158 valence electrons. The molecule has 2 nitrogen and oxygen atoms in total. The molecule has 0 saturated heterocycles. The van der Waals surface area contributed by atoms with Gasteiger partial charge in [0.05, 0.1) is 6.61 Å².